The second-order valence-corrected chi connectivity index (χ2v) is 8.42. The van der Waals surface area contributed by atoms with Crippen LogP contribution in [0.1, 0.15) is 24.1 Å². The van der Waals surface area contributed by atoms with E-state index >= 15 is 0 Å². The van der Waals surface area contributed by atoms with Crippen LogP contribution in [0, 0.1) is 0 Å². The topological polar surface area (TPSA) is 85.5 Å². The van der Waals surface area contributed by atoms with Gasteiger partial charge in [-0.2, -0.15) is 4.31 Å². The maximum Gasteiger partial charge on any atom is 0.216 e. The van der Waals surface area contributed by atoms with E-state index < -0.39 is 10.0 Å². The number of benzene rings is 1. The van der Waals surface area contributed by atoms with Crippen molar-refractivity contribution in [3.05, 3.63) is 33.4 Å². The van der Waals surface area contributed by atoms with E-state index in [1.165, 1.54) is 11.4 Å². The first-order valence-corrected chi connectivity index (χ1v) is 9.71. The summed E-state index contributed by atoms with van der Waals surface area (Å²) in [6, 6.07) is 1.41. The number of nitrogens with two attached hydrogens (primary N) is 1. The summed E-state index contributed by atoms with van der Waals surface area (Å²) in [4.78, 5) is 4.37. The number of fused-ring (bicyclic) bond motifs is 3. The van der Waals surface area contributed by atoms with Crippen molar-refractivity contribution in [2.45, 2.75) is 19.5 Å². The lowest BCUT2D eigenvalue weighted by Gasteiger charge is -2.21. The smallest absolute Gasteiger partial charge is 0.216 e. The molecule has 9 heteroatoms. The van der Waals surface area contributed by atoms with Gasteiger partial charge >= 0.3 is 0 Å². The lowest BCUT2D eigenvalue weighted by Crippen LogP contribution is -2.33. The van der Waals surface area contributed by atoms with Gasteiger partial charge in [-0.05, 0) is 24.1 Å². The molecule has 0 bridgehead atoms. The Hall–Kier alpha value is -1.12. The van der Waals surface area contributed by atoms with E-state index in [4.69, 9.17) is 33.7 Å². The van der Waals surface area contributed by atoms with Gasteiger partial charge in [-0.25, -0.2) is 8.42 Å². The molecule has 130 valence electrons. The van der Waals surface area contributed by atoms with Gasteiger partial charge in [-0.1, -0.05) is 23.2 Å². The second-order valence-electron chi connectivity index (χ2n) is 5.63. The zero-order chi connectivity index (χ0) is 17.6. The van der Waals surface area contributed by atoms with Crippen LogP contribution in [-0.4, -0.2) is 37.1 Å². The average Bonchev–Trinajstić information content (AvgIpc) is 2.89. The van der Waals surface area contributed by atoms with Crippen molar-refractivity contribution >= 4 is 44.1 Å². The number of rotatable bonds is 4. The molecule has 0 amide bonds. The molecule has 0 fully saturated rings. The molecule has 1 aliphatic heterocycles. The number of methoxy groups -OCH3 is 1. The Labute approximate surface area is 150 Å². The van der Waals surface area contributed by atoms with E-state index in [0.29, 0.717) is 16.3 Å². The third-order valence-corrected chi connectivity index (χ3v) is 7.01. The first kappa shape index (κ1) is 17.7. The molecule has 2 heterocycles. The Morgan fingerprint density at radius 3 is 2.75 bits per heavy atom. The highest BCUT2D eigenvalue weighted by atomic mass is 35.5. The maximum absolute atomic E-state index is 12.4. The molecule has 0 radical (unpaired) electrons. The van der Waals surface area contributed by atoms with Crippen LogP contribution in [0.25, 0.3) is 10.9 Å². The largest absolute Gasteiger partial charge is 0.495 e. The van der Waals surface area contributed by atoms with Gasteiger partial charge in [0.1, 0.15) is 10.8 Å². The highest BCUT2D eigenvalue weighted by Gasteiger charge is 2.36. The summed E-state index contributed by atoms with van der Waals surface area (Å²) < 4.78 is 31.6. The molecule has 0 spiro atoms. The number of nitrogens with zero attached hydrogens (tertiary/aromatic N) is 2. The highest BCUT2D eigenvalue weighted by molar-refractivity contribution is 7.89. The molecule has 0 unspecified atom stereocenters. The molecule has 24 heavy (non-hydrogen) atoms. The van der Waals surface area contributed by atoms with Crippen LogP contribution in [0.4, 0.5) is 0 Å². The molecule has 0 saturated heterocycles. The number of hydrogen-bond acceptors (Lipinski definition) is 5. The third-order valence-electron chi connectivity index (χ3n) is 4.26. The predicted molar refractivity (Wildman–Crippen MR) is 95.1 cm³/mol. The van der Waals surface area contributed by atoms with E-state index in [0.717, 1.165) is 16.5 Å². The predicted octanol–water partition coefficient (Wildman–Crippen LogP) is 2.72. The monoisotopic (exact) mass is 389 g/mol. The van der Waals surface area contributed by atoms with E-state index in [1.54, 1.807) is 12.3 Å². The molecule has 3 rings (SSSR count). The minimum absolute atomic E-state index is 0.0795. The molecular weight excluding hydrogens is 373 g/mol. The quantitative estimate of drug-likeness (QED) is 0.868. The summed E-state index contributed by atoms with van der Waals surface area (Å²) >= 11 is 12.5. The van der Waals surface area contributed by atoms with Crippen LogP contribution < -0.4 is 10.5 Å². The summed E-state index contributed by atoms with van der Waals surface area (Å²) in [6.07, 6.45) is 1.65. The standard InChI is InChI=1S/C15H17Cl2N3O3S/c1-8-12-9(7-20(8)24(21,22)4-3-18)6-19-15-10(12)5-11(23-2)13(16)14(15)17/h5-6,8H,3-4,7,18H2,1-2H3/t8-/m0/s1. The molecule has 2 N–H and O–H groups in total. The van der Waals surface area contributed by atoms with Gasteiger partial charge in [0.15, 0.2) is 0 Å². The van der Waals surface area contributed by atoms with Crippen molar-refractivity contribution < 1.29 is 13.2 Å². The van der Waals surface area contributed by atoms with E-state index in [2.05, 4.69) is 4.98 Å². The van der Waals surface area contributed by atoms with Crippen molar-refractivity contribution in [2.24, 2.45) is 5.73 Å². The van der Waals surface area contributed by atoms with Gasteiger partial charge in [0.05, 0.1) is 23.4 Å². The number of pyridine rings is 1. The summed E-state index contributed by atoms with van der Waals surface area (Å²) in [7, 11) is -1.94. The van der Waals surface area contributed by atoms with Crippen LogP contribution in [-0.2, 0) is 16.6 Å². The Kier molecular flexibility index (Phi) is 4.65. The summed E-state index contributed by atoms with van der Waals surface area (Å²) in [6.45, 7) is 2.19. The molecule has 1 atom stereocenters. The first-order chi connectivity index (χ1) is 11.3. The molecular formula is C15H17Cl2N3O3S. The van der Waals surface area contributed by atoms with Gasteiger partial charge in [0.25, 0.3) is 0 Å². The van der Waals surface area contributed by atoms with Crippen LogP contribution >= 0.6 is 23.2 Å². The summed E-state index contributed by atoms with van der Waals surface area (Å²) in [5.74, 6) is 0.340. The molecule has 1 aliphatic rings. The highest BCUT2D eigenvalue weighted by Crippen LogP contribution is 2.44. The molecule has 2 aromatic rings. The Morgan fingerprint density at radius 2 is 2.12 bits per heavy atom. The fourth-order valence-electron chi connectivity index (χ4n) is 3.13. The van der Waals surface area contributed by atoms with Crippen LogP contribution in [0.3, 0.4) is 0 Å². The van der Waals surface area contributed by atoms with Gasteiger partial charge in [-0.3, -0.25) is 4.98 Å². The van der Waals surface area contributed by atoms with Gasteiger partial charge in [0, 0.05) is 30.7 Å². The second kappa shape index (κ2) is 6.31. The van der Waals surface area contributed by atoms with Crippen molar-refractivity contribution in [1.82, 2.24) is 9.29 Å². The molecule has 0 aliphatic carbocycles. The normalized spacial score (nSPS) is 18.1. The van der Waals surface area contributed by atoms with E-state index in [9.17, 15) is 8.42 Å². The summed E-state index contributed by atoms with van der Waals surface area (Å²) in [5, 5.41) is 1.33. The minimum Gasteiger partial charge on any atom is -0.495 e. The number of ether oxygens (including phenoxy) is 1. The van der Waals surface area contributed by atoms with E-state index in [1.807, 2.05) is 6.92 Å². The fraction of sp³-hybridized carbons (Fsp3) is 0.400. The average molecular weight is 390 g/mol. The SMILES string of the molecule is COc1cc2c3c(cnc2c(Cl)c1Cl)CN(S(=O)(=O)CCN)[C@H]3C. The minimum atomic E-state index is -3.44. The van der Waals surface area contributed by atoms with Gasteiger partial charge < -0.3 is 10.5 Å². The Balaban J connectivity index is 2.21. The van der Waals surface area contributed by atoms with Gasteiger partial charge in [-0.15, -0.1) is 0 Å². The van der Waals surface area contributed by atoms with Gasteiger partial charge in [0.2, 0.25) is 10.0 Å². The molecule has 6 nitrogen and oxygen atoms in total. The number of halogens is 2. The zero-order valence-electron chi connectivity index (χ0n) is 13.2. The number of aromatic nitrogens is 1. The Bertz CT molecular complexity index is 918. The number of sulfonamides is 1. The third kappa shape index (κ3) is 2.64. The number of hydrogen-bond donors (Lipinski definition) is 1. The van der Waals surface area contributed by atoms with Crippen molar-refractivity contribution in [2.75, 3.05) is 19.4 Å². The van der Waals surface area contributed by atoms with Crippen molar-refractivity contribution in [3.8, 4) is 5.75 Å². The molecule has 1 aromatic heterocycles. The summed E-state index contributed by atoms with van der Waals surface area (Å²) in [5.41, 5.74) is 7.68. The zero-order valence-corrected chi connectivity index (χ0v) is 15.5. The molecule has 1 aromatic carbocycles. The van der Waals surface area contributed by atoms with Crippen molar-refractivity contribution in [1.29, 1.82) is 0 Å². The lowest BCUT2D eigenvalue weighted by molar-refractivity contribution is 0.371. The van der Waals surface area contributed by atoms with Crippen LogP contribution in [0.15, 0.2) is 12.3 Å². The molecule has 0 saturated carbocycles. The maximum atomic E-state index is 12.4. The first-order valence-electron chi connectivity index (χ1n) is 7.35. The van der Waals surface area contributed by atoms with E-state index in [-0.39, 0.29) is 29.9 Å². The fourth-order valence-corrected chi connectivity index (χ4v) is 5.05. The van der Waals surface area contributed by atoms with Crippen LogP contribution in [0.5, 0.6) is 5.75 Å². The van der Waals surface area contributed by atoms with Crippen molar-refractivity contribution in [3.63, 3.8) is 0 Å². The van der Waals surface area contributed by atoms with Crippen LogP contribution in [0.2, 0.25) is 10.0 Å². The lowest BCUT2D eigenvalue weighted by atomic mass is 10.0. The Morgan fingerprint density at radius 1 is 1.42 bits per heavy atom.